The second-order valence-electron chi connectivity index (χ2n) is 6.59. The number of hydrogen-bond acceptors (Lipinski definition) is 10. The number of carbonyl (C=O) groups is 1. The van der Waals surface area contributed by atoms with Crippen LogP contribution in [0.3, 0.4) is 0 Å². The van der Waals surface area contributed by atoms with E-state index in [0.29, 0.717) is 10.8 Å². The van der Waals surface area contributed by atoms with Gasteiger partial charge in [0.05, 0.1) is 11.9 Å². The van der Waals surface area contributed by atoms with E-state index in [-0.39, 0.29) is 22.7 Å². The number of primary amides is 1. The predicted molar refractivity (Wildman–Crippen MR) is 115 cm³/mol. The number of nitrogens with zero attached hydrogens (tertiary/aromatic N) is 7. The van der Waals surface area contributed by atoms with Gasteiger partial charge >= 0.3 is 6.03 Å². The molecule has 34 heavy (non-hydrogen) atoms. The Labute approximate surface area is 189 Å². The molecule has 0 bridgehead atoms. The molecule has 0 unspecified atom stereocenters. The second-order valence-corrected chi connectivity index (χ2v) is 6.59. The number of rotatable bonds is 6. The number of hydrazone groups is 1. The molecule has 5 N–H and O–H groups in total. The summed E-state index contributed by atoms with van der Waals surface area (Å²) in [6, 6.07) is 7.85. The first-order valence-corrected chi connectivity index (χ1v) is 9.37. The van der Waals surface area contributed by atoms with Gasteiger partial charge in [0.25, 0.3) is 0 Å². The van der Waals surface area contributed by atoms with Crippen LogP contribution in [-0.2, 0) is 0 Å². The number of urea groups is 1. The Kier molecular flexibility index (Phi) is 5.86. The lowest BCUT2D eigenvalue weighted by Gasteiger charge is -2.16. The largest absolute Gasteiger partial charge is 0.504 e. The highest BCUT2D eigenvalue weighted by Crippen LogP contribution is 2.36. The number of aromatic nitrogens is 5. The van der Waals surface area contributed by atoms with Crippen molar-refractivity contribution in [3.63, 3.8) is 0 Å². The van der Waals surface area contributed by atoms with Gasteiger partial charge in [0.1, 0.15) is 12.1 Å². The smallest absolute Gasteiger partial charge is 0.340 e. The highest BCUT2D eigenvalue weighted by Gasteiger charge is 2.16. The maximum Gasteiger partial charge on any atom is 0.340 e. The average molecular weight is 466 g/mol. The third-order valence-electron chi connectivity index (χ3n) is 4.37. The lowest BCUT2D eigenvalue weighted by Crippen LogP contribution is -2.31. The molecule has 0 aliphatic carbocycles. The van der Waals surface area contributed by atoms with E-state index in [2.05, 4.69) is 25.6 Å². The van der Waals surface area contributed by atoms with E-state index in [1.54, 1.807) is 0 Å². The van der Waals surface area contributed by atoms with Gasteiger partial charge in [-0.1, -0.05) is 0 Å². The number of tetrazole rings is 1. The summed E-state index contributed by atoms with van der Waals surface area (Å²) in [4.78, 5) is 16.0. The number of anilines is 1. The van der Waals surface area contributed by atoms with E-state index in [1.165, 1.54) is 47.5 Å². The topological polar surface area (TPSA) is 185 Å². The molecule has 13 nitrogen and oxygen atoms in total. The number of hydrogen-bond donors (Lipinski definition) is 4. The minimum Gasteiger partial charge on any atom is -0.504 e. The molecule has 4 rings (SSSR count). The van der Waals surface area contributed by atoms with E-state index >= 15 is 0 Å². The standard InChI is InChI=1S/C20H15FN8O5/c21-14-7-12(29(20(22)33)25-9-11-1-3-15(30)19(32)18(11)31)2-4-16(14)34-13-5-6-23-17(8-13)28-10-24-26-27-28/h1-10,30-32H,(H2,22,33)/b25-9+. The third kappa shape index (κ3) is 4.50. The Morgan fingerprint density at radius 2 is 1.97 bits per heavy atom. The van der Waals surface area contributed by atoms with E-state index in [9.17, 15) is 24.5 Å². The molecule has 0 atom stereocenters. The molecular weight excluding hydrogens is 451 g/mol. The number of halogens is 1. The summed E-state index contributed by atoms with van der Waals surface area (Å²) < 4.78 is 21.6. The van der Waals surface area contributed by atoms with E-state index in [1.807, 2.05) is 0 Å². The number of benzene rings is 2. The fraction of sp³-hybridized carbons (Fsp3) is 0. The fourth-order valence-corrected chi connectivity index (χ4v) is 2.75. The summed E-state index contributed by atoms with van der Waals surface area (Å²) in [5.41, 5.74) is 5.27. The highest BCUT2D eigenvalue weighted by molar-refractivity contribution is 5.94. The quantitative estimate of drug-likeness (QED) is 0.187. The SMILES string of the molecule is NC(=O)N(/N=C/c1ccc(O)c(O)c1O)c1ccc(Oc2ccnc(-n3cnnn3)c2)c(F)c1. The van der Waals surface area contributed by atoms with Gasteiger partial charge in [-0.2, -0.15) is 14.8 Å². The summed E-state index contributed by atoms with van der Waals surface area (Å²) in [7, 11) is 0. The molecule has 0 fully saturated rings. The van der Waals surface area contributed by atoms with Crippen molar-refractivity contribution in [3.8, 4) is 34.6 Å². The maximum absolute atomic E-state index is 14.7. The summed E-state index contributed by atoms with van der Waals surface area (Å²) >= 11 is 0. The Balaban J connectivity index is 1.57. The molecular formula is C20H15FN8O5. The number of aromatic hydroxyl groups is 3. The zero-order chi connectivity index (χ0) is 24.2. The van der Waals surface area contributed by atoms with Gasteiger partial charge < -0.3 is 25.8 Å². The predicted octanol–water partition coefficient (Wildman–Crippen LogP) is 2.02. The Morgan fingerprint density at radius 3 is 2.68 bits per heavy atom. The van der Waals surface area contributed by atoms with E-state index < -0.39 is 29.1 Å². The minimum absolute atomic E-state index is 0.0296. The van der Waals surface area contributed by atoms with Crippen molar-refractivity contribution in [1.82, 2.24) is 25.2 Å². The van der Waals surface area contributed by atoms with Gasteiger partial charge in [-0.25, -0.2) is 14.2 Å². The van der Waals surface area contributed by atoms with Crippen molar-refractivity contribution >= 4 is 17.9 Å². The number of phenols is 3. The number of pyridine rings is 1. The van der Waals surface area contributed by atoms with Crippen molar-refractivity contribution in [2.45, 2.75) is 0 Å². The minimum atomic E-state index is -1.05. The van der Waals surface area contributed by atoms with Crippen LogP contribution < -0.4 is 15.5 Å². The molecule has 0 aliphatic heterocycles. The lowest BCUT2D eigenvalue weighted by molar-refractivity contribution is 0.254. The van der Waals surface area contributed by atoms with Crippen LogP contribution in [0.2, 0.25) is 0 Å². The normalized spacial score (nSPS) is 11.0. The number of phenolic OH excluding ortho intramolecular Hbond substituents is 3. The molecule has 0 spiro atoms. The maximum atomic E-state index is 14.7. The van der Waals surface area contributed by atoms with Crippen LogP contribution in [-0.4, -0.2) is 52.8 Å². The first-order valence-electron chi connectivity index (χ1n) is 9.37. The number of nitrogens with two attached hydrogens (primary N) is 1. The molecule has 2 aromatic carbocycles. The zero-order valence-corrected chi connectivity index (χ0v) is 17.0. The van der Waals surface area contributed by atoms with Crippen LogP contribution in [0.5, 0.6) is 28.7 Å². The molecule has 172 valence electrons. The average Bonchev–Trinajstić information content (AvgIpc) is 3.36. The van der Waals surface area contributed by atoms with Gasteiger partial charge in [0.2, 0.25) is 5.75 Å². The summed E-state index contributed by atoms with van der Waals surface area (Å²) in [5, 5.41) is 44.1. The number of amides is 2. The summed E-state index contributed by atoms with van der Waals surface area (Å²) in [5.74, 6) is -2.37. The Morgan fingerprint density at radius 1 is 1.15 bits per heavy atom. The van der Waals surface area contributed by atoms with Gasteiger partial charge in [-0.05, 0) is 40.8 Å². The monoisotopic (exact) mass is 466 g/mol. The molecule has 2 aromatic heterocycles. The molecule has 0 aliphatic rings. The fourth-order valence-electron chi connectivity index (χ4n) is 2.75. The van der Waals surface area contributed by atoms with Crippen molar-refractivity contribution in [3.05, 3.63) is 66.4 Å². The molecule has 14 heteroatoms. The van der Waals surface area contributed by atoms with Crippen LogP contribution >= 0.6 is 0 Å². The van der Waals surface area contributed by atoms with Gasteiger partial charge in [0, 0.05) is 23.9 Å². The first-order chi connectivity index (χ1) is 16.3. The van der Waals surface area contributed by atoms with Crippen LogP contribution in [0.25, 0.3) is 5.82 Å². The Bertz CT molecular complexity index is 1380. The van der Waals surface area contributed by atoms with Gasteiger partial charge in [-0.3, -0.25) is 0 Å². The van der Waals surface area contributed by atoms with E-state index in [0.717, 1.165) is 18.3 Å². The van der Waals surface area contributed by atoms with Crippen molar-refractivity contribution in [2.75, 3.05) is 5.01 Å². The molecule has 4 aromatic rings. The van der Waals surface area contributed by atoms with Gasteiger partial charge in [-0.15, -0.1) is 5.10 Å². The van der Waals surface area contributed by atoms with Gasteiger partial charge in [0.15, 0.2) is 28.9 Å². The number of ether oxygens (including phenoxy) is 1. The van der Waals surface area contributed by atoms with Crippen molar-refractivity contribution < 1.29 is 29.2 Å². The third-order valence-corrected chi connectivity index (χ3v) is 4.37. The summed E-state index contributed by atoms with van der Waals surface area (Å²) in [6.07, 6.45) is 3.76. The Hall–Kier alpha value is -5.27. The van der Waals surface area contributed by atoms with Crippen LogP contribution in [0.4, 0.5) is 14.9 Å². The molecule has 0 saturated heterocycles. The molecule has 0 radical (unpaired) electrons. The van der Waals surface area contributed by atoms with Crippen molar-refractivity contribution in [2.24, 2.45) is 10.8 Å². The van der Waals surface area contributed by atoms with Crippen LogP contribution in [0, 0.1) is 5.82 Å². The summed E-state index contributed by atoms with van der Waals surface area (Å²) in [6.45, 7) is 0. The lowest BCUT2D eigenvalue weighted by atomic mass is 10.2. The first kappa shape index (κ1) is 21.9. The molecule has 2 amide bonds. The molecule has 0 saturated carbocycles. The molecule has 2 heterocycles. The van der Waals surface area contributed by atoms with E-state index in [4.69, 9.17) is 10.5 Å². The van der Waals surface area contributed by atoms with Crippen LogP contribution in [0.15, 0.2) is 60.1 Å². The van der Waals surface area contributed by atoms with Crippen LogP contribution in [0.1, 0.15) is 5.56 Å². The highest BCUT2D eigenvalue weighted by atomic mass is 19.1. The zero-order valence-electron chi connectivity index (χ0n) is 17.0. The second kappa shape index (κ2) is 9.07. The van der Waals surface area contributed by atoms with Crippen molar-refractivity contribution in [1.29, 1.82) is 0 Å². The number of carbonyl (C=O) groups excluding carboxylic acids is 1.